The van der Waals surface area contributed by atoms with E-state index in [1.807, 2.05) is 31.2 Å². The van der Waals surface area contributed by atoms with Crippen molar-refractivity contribution in [2.45, 2.75) is 6.92 Å². The van der Waals surface area contributed by atoms with Crippen LogP contribution >= 0.6 is 11.6 Å². The summed E-state index contributed by atoms with van der Waals surface area (Å²) in [6, 6.07) is 9.30. The number of nitrogens with one attached hydrogen (secondary N) is 1. The molecule has 100 valence electrons. The van der Waals surface area contributed by atoms with Gasteiger partial charge in [0.15, 0.2) is 5.82 Å². The van der Waals surface area contributed by atoms with Gasteiger partial charge >= 0.3 is 0 Å². The van der Waals surface area contributed by atoms with Crippen molar-refractivity contribution in [3.05, 3.63) is 52.8 Å². The van der Waals surface area contributed by atoms with E-state index in [4.69, 9.17) is 22.7 Å². The number of aromatic nitrogens is 3. The zero-order valence-corrected chi connectivity index (χ0v) is 11.5. The van der Waals surface area contributed by atoms with Gasteiger partial charge in [-0.1, -0.05) is 29.8 Å². The molecule has 3 rings (SSSR count). The Morgan fingerprint density at radius 3 is 2.75 bits per heavy atom. The predicted octanol–water partition coefficient (Wildman–Crippen LogP) is 2.67. The van der Waals surface area contributed by atoms with Gasteiger partial charge in [-0.05, 0) is 19.1 Å². The second-order valence-corrected chi connectivity index (χ2v) is 4.87. The number of rotatable bonds is 2. The maximum atomic E-state index is 7.72. The number of nitrogens with zero attached hydrogens (tertiary/aromatic N) is 3. The van der Waals surface area contributed by atoms with E-state index in [1.165, 1.54) is 0 Å². The molecule has 0 saturated heterocycles. The minimum absolute atomic E-state index is 0.000162. The summed E-state index contributed by atoms with van der Waals surface area (Å²) in [7, 11) is 0. The lowest BCUT2D eigenvalue weighted by Crippen LogP contribution is -2.13. The first-order valence-electron chi connectivity index (χ1n) is 6.02. The van der Waals surface area contributed by atoms with Crippen LogP contribution in [0.4, 0.5) is 0 Å². The summed E-state index contributed by atoms with van der Waals surface area (Å²) in [6.07, 6.45) is 1.69. The Hall–Kier alpha value is -2.40. The van der Waals surface area contributed by atoms with Gasteiger partial charge in [0.05, 0.1) is 22.4 Å². The molecule has 0 aliphatic carbocycles. The second kappa shape index (κ2) is 4.61. The van der Waals surface area contributed by atoms with Crippen LogP contribution in [0, 0.1) is 12.3 Å². The average Bonchev–Trinajstić information content (AvgIpc) is 2.77. The third-order valence-corrected chi connectivity index (χ3v) is 3.44. The normalized spacial score (nSPS) is 10.9. The summed E-state index contributed by atoms with van der Waals surface area (Å²) in [4.78, 5) is 4.53. The van der Waals surface area contributed by atoms with E-state index in [1.54, 1.807) is 16.9 Å². The molecule has 0 aliphatic rings. The fourth-order valence-electron chi connectivity index (χ4n) is 2.06. The lowest BCUT2D eigenvalue weighted by molar-refractivity contribution is 0.837. The first-order valence-corrected chi connectivity index (χ1v) is 6.40. The third kappa shape index (κ3) is 2.02. The Morgan fingerprint density at radius 2 is 2.10 bits per heavy atom. The molecular formula is C14H12ClN5. The first-order chi connectivity index (χ1) is 9.56. The Morgan fingerprint density at radius 1 is 1.35 bits per heavy atom. The Labute approximate surface area is 120 Å². The molecule has 0 aliphatic heterocycles. The number of amidine groups is 1. The number of benzene rings is 1. The number of pyridine rings is 1. The van der Waals surface area contributed by atoms with E-state index in [2.05, 4.69) is 10.1 Å². The van der Waals surface area contributed by atoms with Crippen LogP contribution in [0.2, 0.25) is 5.02 Å². The summed E-state index contributed by atoms with van der Waals surface area (Å²) < 4.78 is 1.59. The van der Waals surface area contributed by atoms with Gasteiger partial charge in [0, 0.05) is 10.9 Å². The molecule has 1 aromatic carbocycles. The highest BCUT2D eigenvalue weighted by molar-refractivity contribution is 6.31. The highest BCUT2D eigenvalue weighted by Crippen LogP contribution is 2.21. The van der Waals surface area contributed by atoms with Crippen molar-refractivity contribution in [2.75, 3.05) is 0 Å². The molecule has 5 nitrogen and oxygen atoms in total. The smallest absolute Gasteiger partial charge is 0.154 e. The molecule has 6 heteroatoms. The van der Waals surface area contributed by atoms with Crippen LogP contribution < -0.4 is 5.73 Å². The Bertz CT molecular complexity index is 802. The number of nitrogens with two attached hydrogens (primary N) is 1. The van der Waals surface area contributed by atoms with Crippen molar-refractivity contribution in [3.8, 4) is 5.82 Å². The lowest BCUT2D eigenvalue weighted by Gasteiger charge is -2.08. The lowest BCUT2D eigenvalue weighted by atomic mass is 10.1. The predicted molar refractivity (Wildman–Crippen MR) is 79.6 cm³/mol. The van der Waals surface area contributed by atoms with Gasteiger partial charge in [0.2, 0.25) is 0 Å². The number of fused-ring (bicyclic) bond motifs is 1. The van der Waals surface area contributed by atoms with Gasteiger partial charge in [0.1, 0.15) is 5.84 Å². The van der Waals surface area contributed by atoms with Gasteiger partial charge < -0.3 is 5.73 Å². The molecule has 0 amide bonds. The topological polar surface area (TPSA) is 80.6 Å². The Kier molecular flexibility index (Phi) is 2.91. The van der Waals surface area contributed by atoms with E-state index in [0.29, 0.717) is 16.4 Å². The maximum absolute atomic E-state index is 7.72. The maximum Gasteiger partial charge on any atom is 0.154 e. The van der Waals surface area contributed by atoms with Crippen LogP contribution in [0.25, 0.3) is 16.7 Å². The van der Waals surface area contributed by atoms with Crippen LogP contribution in [-0.4, -0.2) is 20.6 Å². The monoisotopic (exact) mass is 285 g/mol. The summed E-state index contributed by atoms with van der Waals surface area (Å²) in [5, 5.41) is 13.4. The number of nitrogen functional groups attached to an aromatic ring is 1. The molecule has 2 heterocycles. The first kappa shape index (κ1) is 12.6. The fourth-order valence-corrected chi connectivity index (χ4v) is 2.19. The molecule has 3 aromatic rings. The minimum atomic E-state index is -0.000162. The SMILES string of the molecule is Cc1nn(-c2cc(C(=N)N)c3ccccc3n2)cc1Cl. The van der Waals surface area contributed by atoms with Crippen molar-refractivity contribution in [1.82, 2.24) is 14.8 Å². The van der Waals surface area contributed by atoms with Gasteiger partial charge in [-0.25, -0.2) is 9.67 Å². The van der Waals surface area contributed by atoms with Gasteiger partial charge in [-0.15, -0.1) is 0 Å². The van der Waals surface area contributed by atoms with Crippen LogP contribution in [0.15, 0.2) is 36.5 Å². The van der Waals surface area contributed by atoms with Gasteiger partial charge in [-0.3, -0.25) is 5.41 Å². The van der Waals surface area contributed by atoms with Crippen molar-refractivity contribution in [2.24, 2.45) is 5.73 Å². The molecule has 0 spiro atoms. The molecule has 0 fully saturated rings. The number of para-hydroxylation sites is 1. The van der Waals surface area contributed by atoms with E-state index in [-0.39, 0.29) is 5.84 Å². The quantitative estimate of drug-likeness (QED) is 0.561. The van der Waals surface area contributed by atoms with Crippen LogP contribution in [0.3, 0.4) is 0 Å². The number of hydrogen-bond donors (Lipinski definition) is 2. The van der Waals surface area contributed by atoms with Crippen molar-refractivity contribution < 1.29 is 0 Å². The fraction of sp³-hybridized carbons (Fsp3) is 0.0714. The third-order valence-electron chi connectivity index (χ3n) is 3.07. The molecule has 0 radical (unpaired) electrons. The summed E-state index contributed by atoms with van der Waals surface area (Å²) in [5.41, 5.74) is 7.79. The standard InChI is InChI=1S/C14H12ClN5/c1-8-11(15)7-20(19-8)13-6-10(14(16)17)9-4-2-3-5-12(9)18-13/h2-7H,1H3,(H3,16,17). The number of hydrogen-bond acceptors (Lipinski definition) is 3. The van der Waals surface area contributed by atoms with E-state index in [9.17, 15) is 0 Å². The van der Waals surface area contributed by atoms with Crippen molar-refractivity contribution >= 4 is 28.3 Å². The van der Waals surface area contributed by atoms with Crippen LogP contribution in [0.5, 0.6) is 0 Å². The summed E-state index contributed by atoms with van der Waals surface area (Å²) >= 11 is 6.02. The minimum Gasteiger partial charge on any atom is -0.384 e. The molecule has 0 unspecified atom stereocenters. The van der Waals surface area contributed by atoms with Crippen LogP contribution in [-0.2, 0) is 0 Å². The molecule has 0 atom stereocenters. The molecule has 3 N–H and O–H groups in total. The summed E-state index contributed by atoms with van der Waals surface area (Å²) in [5.74, 6) is 0.587. The molecule has 0 bridgehead atoms. The van der Waals surface area contributed by atoms with E-state index >= 15 is 0 Å². The molecule has 2 aromatic heterocycles. The van der Waals surface area contributed by atoms with Crippen molar-refractivity contribution in [3.63, 3.8) is 0 Å². The molecular weight excluding hydrogens is 274 g/mol. The number of aryl methyl sites for hydroxylation is 1. The molecule has 0 saturated carbocycles. The van der Waals surface area contributed by atoms with E-state index < -0.39 is 0 Å². The highest BCUT2D eigenvalue weighted by atomic mass is 35.5. The summed E-state index contributed by atoms with van der Waals surface area (Å²) in [6.45, 7) is 1.83. The zero-order valence-electron chi connectivity index (χ0n) is 10.8. The zero-order chi connectivity index (χ0) is 14.3. The van der Waals surface area contributed by atoms with E-state index in [0.717, 1.165) is 16.6 Å². The second-order valence-electron chi connectivity index (χ2n) is 4.47. The van der Waals surface area contributed by atoms with Gasteiger partial charge in [-0.2, -0.15) is 5.10 Å². The molecule has 20 heavy (non-hydrogen) atoms. The van der Waals surface area contributed by atoms with Gasteiger partial charge in [0.25, 0.3) is 0 Å². The number of halogens is 1. The van der Waals surface area contributed by atoms with Crippen molar-refractivity contribution in [1.29, 1.82) is 5.41 Å². The Balaban J connectivity index is 2.29. The van der Waals surface area contributed by atoms with Crippen LogP contribution in [0.1, 0.15) is 11.3 Å². The average molecular weight is 286 g/mol. The highest BCUT2D eigenvalue weighted by Gasteiger charge is 2.11. The largest absolute Gasteiger partial charge is 0.384 e.